The van der Waals surface area contributed by atoms with Crippen LogP contribution in [0.3, 0.4) is 0 Å². The quantitative estimate of drug-likeness (QED) is 0.878. The van der Waals surface area contributed by atoms with Crippen LogP contribution in [0.5, 0.6) is 0 Å². The van der Waals surface area contributed by atoms with E-state index in [4.69, 9.17) is 5.26 Å². The molecule has 102 valence electrons. The minimum absolute atomic E-state index is 0.258. The number of rotatable bonds is 4. The summed E-state index contributed by atoms with van der Waals surface area (Å²) < 4.78 is 0. The smallest absolute Gasteiger partial charge is 0.0995 e. The third-order valence-corrected chi connectivity index (χ3v) is 3.52. The molecule has 0 unspecified atom stereocenters. The van der Waals surface area contributed by atoms with E-state index in [0.29, 0.717) is 0 Å². The maximum absolute atomic E-state index is 9.38. The van der Waals surface area contributed by atoms with Gasteiger partial charge in [-0.3, -0.25) is 9.80 Å². The Bertz CT molecular complexity index is 445. The second-order valence-electron chi connectivity index (χ2n) is 5.19. The van der Waals surface area contributed by atoms with Crippen molar-refractivity contribution in [1.82, 2.24) is 9.80 Å². The Morgan fingerprint density at radius 2 is 1.84 bits per heavy atom. The zero-order valence-corrected chi connectivity index (χ0v) is 11.4. The van der Waals surface area contributed by atoms with Gasteiger partial charge < -0.3 is 5.11 Å². The van der Waals surface area contributed by atoms with Crippen molar-refractivity contribution in [3.63, 3.8) is 0 Å². The van der Waals surface area contributed by atoms with Gasteiger partial charge in [-0.25, -0.2) is 0 Å². The molecule has 0 aliphatic carbocycles. The summed E-state index contributed by atoms with van der Waals surface area (Å²) in [5, 5.41) is 18.5. The topological polar surface area (TPSA) is 50.5 Å². The van der Waals surface area contributed by atoms with Crippen LogP contribution in [0.4, 0.5) is 0 Å². The molecule has 0 bridgehead atoms. The van der Waals surface area contributed by atoms with Crippen LogP contribution in [0.1, 0.15) is 18.1 Å². The summed E-state index contributed by atoms with van der Waals surface area (Å²) >= 11 is 0. The molecule has 2 rings (SSSR count). The fourth-order valence-corrected chi connectivity index (χ4v) is 2.51. The number of hydrogen-bond donors (Lipinski definition) is 1. The van der Waals surface area contributed by atoms with Crippen LogP contribution >= 0.6 is 0 Å². The lowest BCUT2D eigenvalue weighted by Crippen LogP contribution is -2.47. The highest BCUT2D eigenvalue weighted by molar-refractivity contribution is 5.37. The lowest BCUT2D eigenvalue weighted by Gasteiger charge is -2.35. The molecule has 1 aliphatic rings. The zero-order chi connectivity index (χ0) is 13.7. The van der Waals surface area contributed by atoms with Crippen molar-refractivity contribution in [2.45, 2.75) is 19.6 Å². The summed E-state index contributed by atoms with van der Waals surface area (Å²) in [5.74, 6) is 0. The molecule has 1 N–H and O–H groups in total. The molecule has 0 amide bonds. The molecule has 1 aromatic rings. The van der Waals surface area contributed by atoms with Crippen molar-refractivity contribution >= 4 is 0 Å². The summed E-state index contributed by atoms with van der Waals surface area (Å²) in [4.78, 5) is 4.66. The molecule has 0 radical (unpaired) electrons. The first-order chi connectivity index (χ1) is 9.19. The molecule has 4 nitrogen and oxygen atoms in total. The van der Waals surface area contributed by atoms with Gasteiger partial charge in [-0.1, -0.05) is 18.2 Å². The largest absolute Gasteiger partial charge is 0.392 e. The molecule has 1 atom stereocenters. The third-order valence-electron chi connectivity index (χ3n) is 3.52. The number of nitrogens with zero attached hydrogens (tertiary/aromatic N) is 3. The molecule has 0 spiro atoms. The Balaban J connectivity index is 1.87. The van der Waals surface area contributed by atoms with Crippen LogP contribution in [0.2, 0.25) is 0 Å². The Morgan fingerprint density at radius 3 is 2.47 bits per heavy atom. The van der Waals surface area contributed by atoms with E-state index in [0.717, 1.165) is 50.4 Å². The number of piperazine rings is 1. The third kappa shape index (κ3) is 4.03. The van der Waals surface area contributed by atoms with E-state index >= 15 is 0 Å². The van der Waals surface area contributed by atoms with Gasteiger partial charge in [0.2, 0.25) is 0 Å². The Kier molecular flexibility index (Phi) is 4.92. The van der Waals surface area contributed by atoms with Gasteiger partial charge in [0, 0.05) is 39.3 Å². The fraction of sp³-hybridized carbons (Fsp3) is 0.533. The normalized spacial score (nSPS) is 19.0. The summed E-state index contributed by atoms with van der Waals surface area (Å²) in [7, 11) is 0. The number of aliphatic hydroxyl groups is 1. The van der Waals surface area contributed by atoms with E-state index in [1.807, 2.05) is 31.2 Å². The van der Waals surface area contributed by atoms with E-state index in [-0.39, 0.29) is 6.10 Å². The van der Waals surface area contributed by atoms with Crippen molar-refractivity contribution in [3.05, 3.63) is 35.4 Å². The summed E-state index contributed by atoms with van der Waals surface area (Å²) in [6, 6.07) is 10.0. The average Bonchev–Trinajstić information content (AvgIpc) is 2.41. The first-order valence-corrected chi connectivity index (χ1v) is 6.80. The van der Waals surface area contributed by atoms with Crippen molar-refractivity contribution < 1.29 is 5.11 Å². The van der Waals surface area contributed by atoms with Gasteiger partial charge in [-0.15, -0.1) is 0 Å². The van der Waals surface area contributed by atoms with Gasteiger partial charge in [0.25, 0.3) is 0 Å². The summed E-state index contributed by atoms with van der Waals surface area (Å²) in [6.45, 7) is 7.38. The highest BCUT2D eigenvalue weighted by atomic mass is 16.3. The molecule has 1 aromatic carbocycles. The van der Waals surface area contributed by atoms with Crippen LogP contribution in [0.15, 0.2) is 24.3 Å². The van der Waals surface area contributed by atoms with Gasteiger partial charge in [-0.05, 0) is 18.6 Å². The molecule has 0 aromatic heterocycles. The average molecular weight is 259 g/mol. The minimum Gasteiger partial charge on any atom is -0.392 e. The molecule has 1 saturated heterocycles. The molecule has 19 heavy (non-hydrogen) atoms. The van der Waals surface area contributed by atoms with Crippen molar-refractivity contribution in [2.24, 2.45) is 0 Å². The second-order valence-corrected chi connectivity index (χ2v) is 5.19. The molecule has 0 saturated carbocycles. The molecule has 1 aliphatic heterocycles. The molecular formula is C15H21N3O. The highest BCUT2D eigenvalue weighted by Gasteiger charge is 2.18. The van der Waals surface area contributed by atoms with Crippen LogP contribution in [-0.4, -0.2) is 53.7 Å². The van der Waals surface area contributed by atoms with E-state index in [1.165, 1.54) is 0 Å². The number of benzene rings is 1. The lowest BCUT2D eigenvalue weighted by atomic mass is 10.1. The number of aliphatic hydroxyl groups excluding tert-OH is 1. The summed E-state index contributed by atoms with van der Waals surface area (Å²) in [6.07, 6.45) is -0.258. The van der Waals surface area contributed by atoms with Crippen LogP contribution in [-0.2, 0) is 6.54 Å². The predicted molar refractivity (Wildman–Crippen MR) is 74.6 cm³/mol. The highest BCUT2D eigenvalue weighted by Crippen LogP contribution is 2.12. The standard InChI is InChI=1S/C15H21N3O/c1-13(19)11-17-6-8-18(9-7-17)12-15-5-3-2-4-14(15)10-16/h2-5,13,19H,6-9,11-12H2,1H3/t13-/m1/s1. The van der Waals surface area contributed by atoms with Crippen molar-refractivity contribution in [3.8, 4) is 6.07 Å². The Hall–Kier alpha value is -1.41. The summed E-state index contributed by atoms with van der Waals surface area (Å²) in [5.41, 5.74) is 1.88. The SMILES string of the molecule is C[C@@H](O)CN1CCN(Cc2ccccc2C#N)CC1. The molecular weight excluding hydrogens is 238 g/mol. The van der Waals surface area contributed by atoms with Gasteiger partial charge in [0.15, 0.2) is 0 Å². The van der Waals surface area contributed by atoms with Crippen LogP contribution in [0, 0.1) is 11.3 Å². The predicted octanol–water partition coefficient (Wildman–Crippen LogP) is 1.06. The minimum atomic E-state index is -0.258. The molecule has 1 heterocycles. The number of hydrogen-bond acceptors (Lipinski definition) is 4. The van der Waals surface area contributed by atoms with Crippen molar-refractivity contribution in [1.29, 1.82) is 5.26 Å². The van der Waals surface area contributed by atoms with E-state index in [1.54, 1.807) is 0 Å². The van der Waals surface area contributed by atoms with Crippen LogP contribution in [0.25, 0.3) is 0 Å². The van der Waals surface area contributed by atoms with Crippen LogP contribution < -0.4 is 0 Å². The first-order valence-electron chi connectivity index (χ1n) is 6.80. The zero-order valence-electron chi connectivity index (χ0n) is 11.4. The molecule has 4 heteroatoms. The van der Waals surface area contributed by atoms with Gasteiger partial charge in [-0.2, -0.15) is 5.26 Å². The van der Waals surface area contributed by atoms with Gasteiger partial charge in [0.05, 0.1) is 17.7 Å². The lowest BCUT2D eigenvalue weighted by molar-refractivity contribution is 0.0780. The van der Waals surface area contributed by atoms with E-state index in [2.05, 4.69) is 15.9 Å². The van der Waals surface area contributed by atoms with E-state index in [9.17, 15) is 5.11 Å². The number of β-amino-alcohol motifs (C(OH)–C–C–N with tert-alkyl or cyclic N) is 1. The van der Waals surface area contributed by atoms with Crippen molar-refractivity contribution in [2.75, 3.05) is 32.7 Å². The fourth-order valence-electron chi connectivity index (χ4n) is 2.51. The first kappa shape index (κ1) is 14.0. The maximum Gasteiger partial charge on any atom is 0.0995 e. The Morgan fingerprint density at radius 1 is 1.21 bits per heavy atom. The van der Waals surface area contributed by atoms with Gasteiger partial charge in [0.1, 0.15) is 0 Å². The monoisotopic (exact) mass is 259 g/mol. The number of nitriles is 1. The Labute approximate surface area is 114 Å². The second kappa shape index (κ2) is 6.67. The van der Waals surface area contributed by atoms with E-state index < -0.39 is 0 Å². The molecule has 1 fully saturated rings. The van der Waals surface area contributed by atoms with Gasteiger partial charge >= 0.3 is 0 Å². The maximum atomic E-state index is 9.38.